The molecule has 0 aliphatic carbocycles. The van der Waals surface area contributed by atoms with Crippen molar-refractivity contribution in [2.24, 2.45) is 0 Å². The Labute approximate surface area is 117 Å². The highest BCUT2D eigenvalue weighted by Gasteiger charge is 2.02. The summed E-state index contributed by atoms with van der Waals surface area (Å²) in [6.07, 6.45) is 7.65. The molecule has 0 bridgehead atoms. The highest BCUT2D eigenvalue weighted by atomic mass is 16.6. The third-order valence-electron chi connectivity index (χ3n) is 2.80. The minimum atomic E-state index is -0.108. The van der Waals surface area contributed by atoms with Crippen LogP contribution in [-0.4, -0.2) is 39.0 Å². The Morgan fingerprint density at radius 1 is 0.789 bits per heavy atom. The number of carbonyl (C=O) groups excluding carboxylic acids is 1. The van der Waals surface area contributed by atoms with E-state index in [1.54, 1.807) is 0 Å². The maximum absolute atomic E-state index is 11.4. The van der Waals surface area contributed by atoms with E-state index >= 15 is 0 Å². The van der Waals surface area contributed by atoms with Gasteiger partial charge in [-0.25, -0.2) is 0 Å². The summed E-state index contributed by atoms with van der Waals surface area (Å²) in [5.74, 6) is -0.108. The van der Waals surface area contributed by atoms with Crippen LogP contribution < -0.4 is 0 Å². The molecular formula is C15H30O4. The van der Waals surface area contributed by atoms with Crippen LogP contribution in [0.3, 0.4) is 0 Å². The molecule has 0 aliphatic rings. The van der Waals surface area contributed by atoms with Gasteiger partial charge in [-0.3, -0.25) is 4.79 Å². The van der Waals surface area contributed by atoms with E-state index in [0.717, 1.165) is 12.8 Å². The van der Waals surface area contributed by atoms with Crippen molar-refractivity contribution in [2.45, 2.75) is 58.8 Å². The van der Waals surface area contributed by atoms with Crippen LogP contribution >= 0.6 is 0 Å². The van der Waals surface area contributed by atoms with E-state index in [1.807, 2.05) is 6.92 Å². The lowest BCUT2D eigenvalue weighted by molar-refractivity contribution is -0.145. The minimum Gasteiger partial charge on any atom is -0.463 e. The molecule has 0 atom stereocenters. The molecule has 4 nitrogen and oxygen atoms in total. The molecule has 0 radical (unpaired) electrons. The predicted molar refractivity (Wildman–Crippen MR) is 76.3 cm³/mol. The third-order valence-corrected chi connectivity index (χ3v) is 2.80. The molecule has 0 unspecified atom stereocenters. The molecule has 19 heavy (non-hydrogen) atoms. The van der Waals surface area contributed by atoms with Crippen LogP contribution in [0, 0.1) is 0 Å². The second kappa shape index (κ2) is 15.4. The maximum Gasteiger partial charge on any atom is 0.305 e. The van der Waals surface area contributed by atoms with E-state index in [2.05, 4.69) is 6.92 Å². The van der Waals surface area contributed by atoms with Gasteiger partial charge in [-0.05, 0) is 13.3 Å². The Morgan fingerprint density at radius 2 is 1.42 bits per heavy atom. The second-order valence-electron chi connectivity index (χ2n) is 4.55. The summed E-state index contributed by atoms with van der Waals surface area (Å²) in [6, 6.07) is 0. The van der Waals surface area contributed by atoms with Crippen LogP contribution in [0.2, 0.25) is 0 Å². The maximum atomic E-state index is 11.4. The summed E-state index contributed by atoms with van der Waals surface area (Å²) in [4.78, 5) is 11.4. The van der Waals surface area contributed by atoms with Gasteiger partial charge in [0.2, 0.25) is 0 Å². The quantitative estimate of drug-likeness (QED) is 0.360. The predicted octanol–water partition coefficient (Wildman–Crippen LogP) is 3.33. The van der Waals surface area contributed by atoms with Crippen LogP contribution in [0.15, 0.2) is 0 Å². The molecule has 0 aromatic carbocycles. The molecule has 4 heteroatoms. The molecular weight excluding hydrogens is 244 g/mol. The zero-order chi connectivity index (χ0) is 14.2. The lowest BCUT2D eigenvalue weighted by Gasteiger charge is -2.06. The van der Waals surface area contributed by atoms with Gasteiger partial charge in [0, 0.05) is 13.0 Å². The Morgan fingerprint density at radius 3 is 2.16 bits per heavy atom. The molecule has 0 saturated carbocycles. The van der Waals surface area contributed by atoms with Gasteiger partial charge in [-0.15, -0.1) is 0 Å². The Bertz CT molecular complexity index is 195. The van der Waals surface area contributed by atoms with Gasteiger partial charge in [0.25, 0.3) is 0 Å². The number of esters is 1. The number of ether oxygens (including phenoxy) is 3. The highest BCUT2D eigenvalue weighted by Crippen LogP contribution is 2.07. The normalized spacial score (nSPS) is 10.6. The molecule has 0 heterocycles. The van der Waals surface area contributed by atoms with Crippen molar-refractivity contribution in [3.63, 3.8) is 0 Å². The largest absolute Gasteiger partial charge is 0.463 e. The molecule has 114 valence electrons. The Hall–Kier alpha value is -0.610. The molecule has 0 fully saturated rings. The first-order valence-corrected chi connectivity index (χ1v) is 7.62. The molecule has 0 aliphatic heterocycles. The molecule has 0 N–H and O–H groups in total. The van der Waals surface area contributed by atoms with Crippen LogP contribution in [0.4, 0.5) is 0 Å². The minimum absolute atomic E-state index is 0.108. The van der Waals surface area contributed by atoms with E-state index in [0.29, 0.717) is 39.5 Å². The molecule has 0 rings (SSSR count). The monoisotopic (exact) mass is 274 g/mol. The fourth-order valence-corrected chi connectivity index (χ4v) is 1.70. The molecule has 0 amide bonds. The molecule has 0 saturated heterocycles. The zero-order valence-electron chi connectivity index (χ0n) is 12.6. The smallest absolute Gasteiger partial charge is 0.305 e. The van der Waals surface area contributed by atoms with E-state index in [-0.39, 0.29) is 5.97 Å². The average molecular weight is 274 g/mol. The highest BCUT2D eigenvalue weighted by molar-refractivity contribution is 5.69. The Balaban J connectivity index is 3.13. The summed E-state index contributed by atoms with van der Waals surface area (Å²) < 4.78 is 15.4. The first kappa shape index (κ1) is 18.4. The molecule has 0 aromatic heterocycles. The van der Waals surface area contributed by atoms with E-state index in [4.69, 9.17) is 14.2 Å². The van der Waals surface area contributed by atoms with Crippen LogP contribution in [0.1, 0.15) is 58.8 Å². The fraction of sp³-hybridized carbons (Fsp3) is 0.933. The van der Waals surface area contributed by atoms with Gasteiger partial charge >= 0.3 is 5.97 Å². The van der Waals surface area contributed by atoms with Crippen LogP contribution in [0.25, 0.3) is 0 Å². The number of hydrogen-bond acceptors (Lipinski definition) is 4. The van der Waals surface area contributed by atoms with Crippen molar-refractivity contribution in [1.29, 1.82) is 0 Å². The summed E-state index contributed by atoms with van der Waals surface area (Å²) in [7, 11) is 0. The SMILES string of the molecule is CCCCCCCCC(=O)OCCOCCOCC. The van der Waals surface area contributed by atoms with E-state index in [9.17, 15) is 4.79 Å². The van der Waals surface area contributed by atoms with Gasteiger partial charge in [0.15, 0.2) is 0 Å². The number of hydrogen-bond donors (Lipinski definition) is 0. The van der Waals surface area contributed by atoms with Crippen molar-refractivity contribution >= 4 is 5.97 Å². The standard InChI is InChI=1S/C15H30O4/c1-3-5-6-7-8-9-10-15(16)19-14-13-18-12-11-17-4-2/h3-14H2,1-2H3. The lowest BCUT2D eigenvalue weighted by atomic mass is 10.1. The topological polar surface area (TPSA) is 44.8 Å². The fourth-order valence-electron chi connectivity index (χ4n) is 1.70. The van der Waals surface area contributed by atoms with Gasteiger partial charge in [0.05, 0.1) is 19.8 Å². The van der Waals surface area contributed by atoms with Crippen LogP contribution in [-0.2, 0) is 19.0 Å². The van der Waals surface area contributed by atoms with Crippen molar-refractivity contribution in [3.05, 3.63) is 0 Å². The summed E-state index contributed by atoms with van der Waals surface area (Å²) in [5.41, 5.74) is 0. The second-order valence-corrected chi connectivity index (χ2v) is 4.55. The van der Waals surface area contributed by atoms with E-state index < -0.39 is 0 Å². The summed E-state index contributed by atoms with van der Waals surface area (Å²) in [5, 5.41) is 0. The van der Waals surface area contributed by atoms with Gasteiger partial charge in [0.1, 0.15) is 6.61 Å². The third kappa shape index (κ3) is 15.3. The van der Waals surface area contributed by atoms with Gasteiger partial charge < -0.3 is 14.2 Å². The first-order valence-electron chi connectivity index (χ1n) is 7.62. The van der Waals surface area contributed by atoms with Gasteiger partial charge in [-0.2, -0.15) is 0 Å². The molecule has 0 aromatic rings. The van der Waals surface area contributed by atoms with Crippen LogP contribution in [0.5, 0.6) is 0 Å². The Kier molecular flexibility index (Phi) is 15.0. The average Bonchev–Trinajstić information content (AvgIpc) is 2.41. The zero-order valence-corrected chi connectivity index (χ0v) is 12.6. The number of rotatable bonds is 14. The first-order chi connectivity index (χ1) is 9.31. The van der Waals surface area contributed by atoms with Crippen molar-refractivity contribution in [1.82, 2.24) is 0 Å². The summed E-state index contributed by atoms with van der Waals surface area (Å²) in [6.45, 7) is 6.82. The van der Waals surface area contributed by atoms with Crippen molar-refractivity contribution in [2.75, 3.05) is 33.0 Å². The summed E-state index contributed by atoms with van der Waals surface area (Å²) >= 11 is 0. The van der Waals surface area contributed by atoms with Crippen molar-refractivity contribution < 1.29 is 19.0 Å². The number of unbranched alkanes of at least 4 members (excludes halogenated alkanes) is 5. The number of carbonyl (C=O) groups is 1. The lowest BCUT2D eigenvalue weighted by Crippen LogP contribution is -2.12. The van der Waals surface area contributed by atoms with Crippen molar-refractivity contribution in [3.8, 4) is 0 Å². The van der Waals surface area contributed by atoms with Gasteiger partial charge in [-0.1, -0.05) is 39.0 Å². The van der Waals surface area contributed by atoms with E-state index in [1.165, 1.54) is 25.7 Å². The molecule has 0 spiro atoms.